The van der Waals surface area contributed by atoms with E-state index in [0.29, 0.717) is 12.6 Å². The number of aromatic amines is 1. The normalized spacial score (nSPS) is 20.2. The Labute approximate surface area is 207 Å². The lowest BCUT2D eigenvalue weighted by atomic mass is 9.95. The van der Waals surface area contributed by atoms with Crippen LogP contribution in [0.5, 0.6) is 0 Å². The number of H-pyrrole nitrogens is 1. The number of rotatable bonds is 8. The van der Waals surface area contributed by atoms with E-state index in [9.17, 15) is 4.79 Å². The van der Waals surface area contributed by atoms with Crippen LogP contribution in [-0.2, 0) is 11.3 Å². The summed E-state index contributed by atoms with van der Waals surface area (Å²) < 4.78 is 8.10. The molecule has 2 aromatic heterocycles. The molecule has 2 atom stereocenters. The summed E-state index contributed by atoms with van der Waals surface area (Å²) in [7, 11) is 0. The first kappa shape index (κ1) is 24.1. The lowest BCUT2D eigenvalue weighted by molar-refractivity contribution is 0.0481. The number of tetrazole rings is 1. The summed E-state index contributed by atoms with van der Waals surface area (Å²) in [6.07, 6.45) is 9.18. The van der Waals surface area contributed by atoms with Crippen molar-refractivity contribution in [1.82, 2.24) is 30.1 Å². The van der Waals surface area contributed by atoms with Crippen molar-refractivity contribution >= 4 is 10.9 Å². The van der Waals surface area contributed by atoms with Crippen LogP contribution in [0.2, 0.25) is 0 Å². The van der Waals surface area contributed by atoms with Gasteiger partial charge in [0.05, 0.1) is 18.2 Å². The summed E-state index contributed by atoms with van der Waals surface area (Å²) in [5.41, 5.74) is 4.04. The molecule has 0 radical (unpaired) electrons. The third kappa shape index (κ3) is 5.19. The number of ether oxygens (including phenoxy) is 1. The molecule has 1 N–H and O–H groups in total. The number of aryl methyl sites for hydroxylation is 2. The Morgan fingerprint density at radius 3 is 2.66 bits per heavy atom. The SMILES string of the molecule is CC[C@@H](c1nnnn1C1CCCCC1)N(Cc1cc2cc(C)c(C)cc2[nH]c1=O)C[C@@H]1CCCO1. The molecular formula is C27H38N6O2. The lowest BCUT2D eigenvalue weighted by Crippen LogP contribution is -2.38. The van der Waals surface area contributed by atoms with Crippen LogP contribution in [0.15, 0.2) is 23.0 Å². The molecule has 3 heterocycles. The minimum Gasteiger partial charge on any atom is -0.377 e. The minimum absolute atomic E-state index is 0.0194. The molecule has 3 aromatic rings. The van der Waals surface area contributed by atoms with Crippen LogP contribution in [-0.4, -0.2) is 49.3 Å². The van der Waals surface area contributed by atoms with Crippen molar-refractivity contribution in [3.8, 4) is 0 Å². The van der Waals surface area contributed by atoms with Gasteiger partial charge in [-0.25, -0.2) is 4.68 Å². The number of benzene rings is 1. The average molecular weight is 479 g/mol. The number of nitrogens with zero attached hydrogens (tertiary/aromatic N) is 5. The summed E-state index contributed by atoms with van der Waals surface area (Å²) in [5.74, 6) is 0.918. The molecule has 1 saturated heterocycles. The van der Waals surface area contributed by atoms with E-state index >= 15 is 0 Å². The molecule has 8 heteroatoms. The number of hydrogen-bond donors (Lipinski definition) is 1. The van der Waals surface area contributed by atoms with E-state index in [4.69, 9.17) is 4.74 Å². The number of hydrogen-bond acceptors (Lipinski definition) is 6. The zero-order chi connectivity index (χ0) is 24.4. The highest BCUT2D eigenvalue weighted by atomic mass is 16.5. The van der Waals surface area contributed by atoms with E-state index in [-0.39, 0.29) is 17.7 Å². The Morgan fingerprint density at radius 1 is 1.11 bits per heavy atom. The monoisotopic (exact) mass is 478 g/mol. The fourth-order valence-electron chi connectivity index (χ4n) is 5.82. The molecule has 0 bridgehead atoms. The van der Waals surface area contributed by atoms with Gasteiger partial charge in [0.25, 0.3) is 5.56 Å². The molecular weight excluding hydrogens is 440 g/mol. The molecule has 1 aromatic carbocycles. The number of pyridine rings is 1. The Morgan fingerprint density at radius 2 is 1.91 bits per heavy atom. The number of nitrogens with one attached hydrogen (secondary N) is 1. The molecule has 1 aliphatic heterocycles. The van der Waals surface area contributed by atoms with Gasteiger partial charge in [-0.3, -0.25) is 9.69 Å². The molecule has 2 aliphatic rings. The van der Waals surface area contributed by atoms with Gasteiger partial charge < -0.3 is 9.72 Å². The molecule has 8 nitrogen and oxygen atoms in total. The Kier molecular flexibility index (Phi) is 7.29. The van der Waals surface area contributed by atoms with Gasteiger partial charge >= 0.3 is 0 Å². The maximum atomic E-state index is 13.2. The fourth-order valence-corrected chi connectivity index (χ4v) is 5.82. The van der Waals surface area contributed by atoms with Crippen LogP contribution < -0.4 is 5.56 Å². The van der Waals surface area contributed by atoms with Crippen LogP contribution in [0, 0.1) is 13.8 Å². The second kappa shape index (κ2) is 10.6. The zero-order valence-electron chi connectivity index (χ0n) is 21.3. The van der Waals surface area contributed by atoms with Gasteiger partial charge in [-0.1, -0.05) is 26.2 Å². The minimum atomic E-state index is -0.0279. The molecule has 0 amide bonds. The lowest BCUT2D eigenvalue weighted by Gasteiger charge is -2.33. The van der Waals surface area contributed by atoms with E-state index in [0.717, 1.165) is 67.5 Å². The van der Waals surface area contributed by atoms with Crippen LogP contribution in [0.3, 0.4) is 0 Å². The van der Waals surface area contributed by atoms with Crippen LogP contribution >= 0.6 is 0 Å². The van der Waals surface area contributed by atoms with Crippen LogP contribution in [0.25, 0.3) is 10.9 Å². The predicted molar refractivity (Wildman–Crippen MR) is 136 cm³/mol. The number of fused-ring (bicyclic) bond motifs is 1. The summed E-state index contributed by atoms with van der Waals surface area (Å²) >= 11 is 0. The maximum Gasteiger partial charge on any atom is 0.252 e. The van der Waals surface area contributed by atoms with Gasteiger partial charge in [0.1, 0.15) is 0 Å². The van der Waals surface area contributed by atoms with Crippen molar-refractivity contribution in [3.63, 3.8) is 0 Å². The highest BCUT2D eigenvalue weighted by molar-refractivity contribution is 5.80. The Hall–Kier alpha value is -2.58. The van der Waals surface area contributed by atoms with E-state index in [1.54, 1.807) is 0 Å². The van der Waals surface area contributed by atoms with Gasteiger partial charge in [-0.15, -0.1) is 5.10 Å². The predicted octanol–water partition coefficient (Wildman–Crippen LogP) is 4.77. The van der Waals surface area contributed by atoms with Gasteiger partial charge in [0, 0.05) is 30.8 Å². The largest absolute Gasteiger partial charge is 0.377 e. The van der Waals surface area contributed by atoms with Gasteiger partial charge in [0.2, 0.25) is 0 Å². The molecule has 0 spiro atoms. The average Bonchev–Trinajstić information content (AvgIpc) is 3.55. The Bertz CT molecular complexity index is 1210. The molecule has 1 saturated carbocycles. The van der Waals surface area contributed by atoms with Crippen molar-refractivity contribution in [2.45, 2.75) is 96.9 Å². The molecule has 5 rings (SSSR count). The summed E-state index contributed by atoms with van der Waals surface area (Å²) in [6, 6.07) is 6.66. The smallest absolute Gasteiger partial charge is 0.252 e. The first-order valence-corrected chi connectivity index (χ1v) is 13.3. The van der Waals surface area contributed by atoms with Gasteiger partial charge in [-0.2, -0.15) is 0 Å². The van der Waals surface area contributed by atoms with Crippen molar-refractivity contribution in [2.24, 2.45) is 0 Å². The molecule has 0 unspecified atom stereocenters. The first-order chi connectivity index (χ1) is 17.0. The summed E-state index contributed by atoms with van der Waals surface area (Å²) in [5, 5.41) is 14.1. The highest BCUT2D eigenvalue weighted by Crippen LogP contribution is 2.32. The third-order valence-corrected chi connectivity index (χ3v) is 7.94. The third-order valence-electron chi connectivity index (χ3n) is 7.94. The van der Waals surface area contributed by atoms with E-state index < -0.39 is 0 Å². The quantitative estimate of drug-likeness (QED) is 0.502. The van der Waals surface area contributed by atoms with Crippen molar-refractivity contribution in [2.75, 3.05) is 13.2 Å². The number of aromatic nitrogens is 5. The molecule has 1 aliphatic carbocycles. The van der Waals surface area contributed by atoms with E-state index in [1.165, 1.54) is 30.4 Å². The summed E-state index contributed by atoms with van der Waals surface area (Å²) in [6.45, 7) is 8.48. The van der Waals surface area contributed by atoms with Crippen molar-refractivity contribution in [3.05, 3.63) is 51.1 Å². The van der Waals surface area contributed by atoms with Crippen molar-refractivity contribution < 1.29 is 4.74 Å². The van der Waals surface area contributed by atoms with Gasteiger partial charge in [-0.05, 0) is 91.1 Å². The molecule has 188 valence electrons. The van der Waals surface area contributed by atoms with Gasteiger partial charge in [0.15, 0.2) is 5.82 Å². The topological polar surface area (TPSA) is 88.9 Å². The van der Waals surface area contributed by atoms with E-state index in [1.807, 2.05) is 0 Å². The second-order valence-electron chi connectivity index (χ2n) is 10.4. The first-order valence-electron chi connectivity index (χ1n) is 13.3. The Balaban J connectivity index is 1.49. The second-order valence-corrected chi connectivity index (χ2v) is 10.4. The van der Waals surface area contributed by atoms with E-state index in [2.05, 4.69) is 69.1 Å². The van der Waals surface area contributed by atoms with Crippen LogP contribution in [0.4, 0.5) is 0 Å². The standard InChI is InChI=1S/C27H38N6O2/c1-4-25(26-29-30-31-33(26)22-9-6-5-7-10-22)32(17-23-11-8-12-35-23)16-21-15-20-13-18(2)19(3)14-24(20)28-27(21)34/h13-15,22-23,25H,4-12,16-17H2,1-3H3,(H,28,34)/t23-,25-/m0/s1. The maximum absolute atomic E-state index is 13.2. The van der Waals surface area contributed by atoms with Crippen molar-refractivity contribution in [1.29, 1.82) is 0 Å². The molecule has 35 heavy (non-hydrogen) atoms. The zero-order valence-corrected chi connectivity index (χ0v) is 21.3. The fraction of sp³-hybridized carbons (Fsp3) is 0.630. The highest BCUT2D eigenvalue weighted by Gasteiger charge is 2.31. The molecule has 2 fully saturated rings. The summed E-state index contributed by atoms with van der Waals surface area (Å²) in [4.78, 5) is 18.6. The van der Waals surface area contributed by atoms with Crippen LogP contribution in [0.1, 0.15) is 92.9 Å².